The predicted octanol–water partition coefficient (Wildman–Crippen LogP) is 2.07. The van der Waals surface area contributed by atoms with Gasteiger partial charge in [0.25, 0.3) is 11.5 Å². The van der Waals surface area contributed by atoms with Crippen LogP contribution in [0, 0.1) is 18.7 Å². The summed E-state index contributed by atoms with van der Waals surface area (Å²) >= 11 is 0. The molecule has 1 aliphatic carbocycles. The highest BCUT2D eigenvalue weighted by Gasteiger charge is 2.36. The van der Waals surface area contributed by atoms with Gasteiger partial charge in [-0.1, -0.05) is 6.07 Å². The zero-order chi connectivity index (χ0) is 18.8. The van der Waals surface area contributed by atoms with E-state index in [1.807, 2.05) is 0 Å². The molecule has 1 atom stereocenters. The molecule has 1 fully saturated rings. The molecule has 3 rings (SSSR count). The number of carbonyl (C=O) groups is 1. The number of aliphatic hydroxyl groups excluding tert-OH is 1. The average molecular weight is 360 g/mol. The Morgan fingerprint density at radius 2 is 2.08 bits per heavy atom. The number of aliphatic hydroxyl groups is 1. The summed E-state index contributed by atoms with van der Waals surface area (Å²) in [6, 6.07) is 7.09. The highest BCUT2D eigenvalue weighted by atomic mass is 19.1. The quantitative estimate of drug-likeness (QED) is 0.761. The summed E-state index contributed by atoms with van der Waals surface area (Å²) in [5, 5.41) is 12.4. The summed E-state index contributed by atoms with van der Waals surface area (Å²) < 4.78 is 19.0. The van der Waals surface area contributed by atoms with Crippen molar-refractivity contribution in [2.45, 2.75) is 31.9 Å². The molecule has 3 N–H and O–H groups in total. The minimum absolute atomic E-state index is 0.00513. The number of rotatable bonds is 5. The van der Waals surface area contributed by atoms with Crippen LogP contribution in [-0.4, -0.2) is 29.2 Å². The van der Waals surface area contributed by atoms with Gasteiger partial charge in [0.15, 0.2) is 11.6 Å². The number of pyridine rings is 1. The Hall–Kier alpha value is -2.67. The van der Waals surface area contributed by atoms with Gasteiger partial charge < -0.3 is 20.1 Å². The molecule has 1 saturated carbocycles. The molecule has 2 aromatic rings. The molecule has 138 valence electrons. The Morgan fingerprint density at radius 3 is 2.65 bits per heavy atom. The Labute approximate surface area is 150 Å². The maximum absolute atomic E-state index is 14.1. The van der Waals surface area contributed by atoms with Gasteiger partial charge in [-0.3, -0.25) is 9.59 Å². The summed E-state index contributed by atoms with van der Waals surface area (Å²) in [6.07, 6.45) is 0.580. The van der Waals surface area contributed by atoms with Crippen LogP contribution in [0.15, 0.2) is 35.1 Å². The van der Waals surface area contributed by atoms with Gasteiger partial charge >= 0.3 is 0 Å². The molecular weight excluding hydrogens is 339 g/mol. The van der Waals surface area contributed by atoms with Crippen molar-refractivity contribution >= 4 is 5.91 Å². The molecule has 1 heterocycles. The second-order valence-electron chi connectivity index (χ2n) is 6.61. The SMILES string of the molecule is COc1ccc([C@H](NC(=O)c2ccc(C)[nH]c2=O)C2CC(O)C2)cc1F. The zero-order valence-corrected chi connectivity index (χ0v) is 14.6. The van der Waals surface area contributed by atoms with E-state index in [4.69, 9.17) is 4.74 Å². The van der Waals surface area contributed by atoms with Gasteiger partial charge in [0.05, 0.1) is 19.3 Å². The van der Waals surface area contributed by atoms with Crippen LogP contribution in [0.2, 0.25) is 0 Å². The number of amides is 1. The van der Waals surface area contributed by atoms with Crippen molar-refractivity contribution in [1.82, 2.24) is 10.3 Å². The Kier molecular flexibility index (Phi) is 5.08. The second-order valence-corrected chi connectivity index (χ2v) is 6.61. The maximum Gasteiger partial charge on any atom is 0.260 e. The van der Waals surface area contributed by atoms with E-state index in [0.717, 1.165) is 0 Å². The number of H-pyrrole nitrogens is 1. The monoisotopic (exact) mass is 360 g/mol. The second kappa shape index (κ2) is 7.29. The molecule has 0 aliphatic heterocycles. The van der Waals surface area contributed by atoms with Gasteiger partial charge in [-0.05, 0) is 55.5 Å². The minimum Gasteiger partial charge on any atom is -0.494 e. The number of ether oxygens (including phenoxy) is 1. The van der Waals surface area contributed by atoms with E-state index in [1.54, 1.807) is 19.1 Å². The topological polar surface area (TPSA) is 91.4 Å². The number of aromatic nitrogens is 1. The van der Waals surface area contributed by atoms with Crippen molar-refractivity contribution in [3.8, 4) is 5.75 Å². The third kappa shape index (κ3) is 3.62. The van der Waals surface area contributed by atoms with Gasteiger partial charge in [-0.2, -0.15) is 0 Å². The van der Waals surface area contributed by atoms with Crippen LogP contribution in [0.5, 0.6) is 5.75 Å². The smallest absolute Gasteiger partial charge is 0.260 e. The van der Waals surface area contributed by atoms with Crippen molar-refractivity contribution in [1.29, 1.82) is 0 Å². The molecule has 1 aromatic carbocycles. The third-order valence-electron chi connectivity index (χ3n) is 4.74. The standard InChI is InChI=1S/C19H21FN2O4/c1-10-3-5-14(18(24)21-10)19(25)22-17(12-7-13(23)8-12)11-4-6-16(26-2)15(20)9-11/h3-6,9,12-13,17,23H,7-8H2,1-2H3,(H,21,24)(H,22,25)/t12?,13?,17-/m0/s1. The summed E-state index contributed by atoms with van der Waals surface area (Å²) in [4.78, 5) is 27.2. The lowest BCUT2D eigenvalue weighted by Crippen LogP contribution is -2.42. The lowest BCUT2D eigenvalue weighted by Gasteiger charge is -2.38. The predicted molar refractivity (Wildman–Crippen MR) is 93.7 cm³/mol. The number of nitrogens with one attached hydrogen (secondary N) is 2. The van der Waals surface area contributed by atoms with Gasteiger partial charge in [0.2, 0.25) is 0 Å². The Morgan fingerprint density at radius 1 is 1.35 bits per heavy atom. The fraction of sp³-hybridized carbons (Fsp3) is 0.368. The summed E-state index contributed by atoms with van der Waals surface area (Å²) in [5.74, 6) is -0.986. The van der Waals surface area contributed by atoms with E-state index in [2.05, 4.69) is 10.3 Å². The van der Waals surface area contributed by atoms with Crippen LogP contribution < -0.4 is 15.6 Å². The number of aryl methyl sites for hydroxylation is 1. The molecule has 0 saturated heterocycles. The van der Waals surface area contributed by atoms with Crippen molar-refractivity contribution in [2.24, 2.45) is 5.92 Å². The van der Waals surface area contributed by atoms with Crippen molar-refractivity contribution in [2.75, 3.05) is 7.11 Å². The lowest BCUT2D eigenvalue weighted by molar-refractivity contribution is 0.0234. The molecule has 26 heavy (non-hydrogen) atoms. The molecule has 0 bridgehead atoms. The normalized spacial score (nSPS) is 20.2. The van der Waals surface area contributed by atoms with Crippen LogP contribution >= 0.6 is 0 Å². The highest BCUT2D eigenvalue weighted by Crippen LogP contribution is 2.39. The van der Waals surface area contributed by atoms with Crippen LogP contribution in [0.3, 0.4) is 0 Å². The largest absolute Gasteiger partial charge is 0.494 e. The summed E-state index contributed by atoms with van der Waals surface area (Å²) in [7, 11) is 1.38. The molecule has 6 nitrogen and oxygen atoms in total. The van der Waals surface area contributed by atoms with E-state index in [-0.39, 0.29) is 17.2 Å². The fourth-order valence-electron chi connectivity index (χ4n) is 3.22. The maximum atomic E-state index is 14.1. The van der Waals surface area contributed by atoms with Crippen molar-refractivity contribution in [3.05, 3.63) is 63.3 Å². The molecule has 0 radical (unpaired) electrons. The summed E-state index contributed by atoms with van der Waals surface area (Å²) in [6.45, 7) is 1.72. The highest BCUT2D eigenvalue weighted by molar-refractivity contribution is 5.94. The van der Waals surface area contributed by atoms with E-state index in [1.165, 1.54) is 25.3 Å². The first-order valence-corrected chi connectivity index (χ1v) is 8.41. The number of aromatic amines is 1. The fourth-order valence-corrected chi connectivity index (χ4v) is 3.22. The van der Waals surface area contributed by atoms with E-state index in [0.29, 0.717) is 24.1 Å². The van der Waals surface area contributed by atoms with Gasteiger partial charge in [-0.25, -0.2) is 4.39 Å². The molecular formula is C19H21FN2O4. The molecule has 1 aromatic heterocycles. The van der Waals surface area contributed by atoms with Gasteiger partial charge in [0.1, 0.15) is 5.56 Å². The zero-order valence-electron chi connectivity index (χ0n) is 14.6. The number of carbonyl (C=O) groups excluding carboxylic acids is 1. The van der Waals surface area contributed by atoms with Crippen LogP contribution in [0.1, 0.15) is 40.5 Å². The molecule has 0 unspecified atom stereocenters. The molecule has 0 spiro atoms. The van der Waals surface area contributed by atoms with Crippen LogP contribution in [-0.2, 0) is 0 Å². The number of methoxy groups -OCH3 is 1. The minimum atomic E-state index is -0.533. The Bertz CT molecular complexity index is 874. The number of benzene rings is 1. The Balaban J connectivity index is 1.88. The first kappa shape index (κ1) is 18.1. The molecule has 1 amide bonds. The first-order valence-electron chi connectivity index (χ1n) is 8.41. The third-order valence-corrected chi connectivity index (χ3v) is 4.74. The summed E-state index contributed by atoms with van der Waals surface area (Å²) in [5.41, 5.74) is 0.741. The molecule has 1 aliphatic rings. The van der Waals surface area contributed by atoms with Gasteiger partial charge in [0, 0.05) is 5.69 Å². The average Bonchev–Trinajstić information content (AvgIpc) is 2.57. The number of hydrogen-bond acceptors (Lipinski definition) is 4. The van der Waals surface area contributed by atoms with Crippen LogP contribution in [0.4, 0.5) is 4.39 Å². The van der Waals surface area contributed by atoms with Crippen LogP contribution in [0.25, 0.3) is 0 Å². The lowest BCUT2D eigenvalue weighted by atomic mass is 9.75. The van der Waals surface area contributed by atoms with E-state index >= 15 is 0 Å². The molecule has 7 heteroatoms. The van der Waals surface area contributed by atoms with E-state index < -0.39 is 29.4 Å². The van der Waals surface area contributed by atoms with Crippen molar-refractivity contribution < 1.29 is 19.0 Å². The van der Waals surface area contributed by atoms with Gasteiger partial charge in [-0.15, -0.1) is 0 Å². The number of hydrogen-bond donors (Lipinski definition) is 3. The number of halogens is 1. The van der Waals surface area contributed by atoms with E-state index in [9.17, 15) is 19.1 Å². The first-order chi connectivity index (χ1) is 12.4. The van der Waals surface area contributed by atoms with Crippen molar-refractivity contribution in [3.63, 3.8) is 0 Å².